The fraction of sp³-hybridized carbons (Fsp3) is 0.933. The second-order valence-corrected chi connectivity index (χ2v) is 6.44. The zero-order valence-corrected chi connectivity index (χ0v) is 12.2. The molecule has 2 rings (SSSR count). The van der Waals surface area contributed by atoms with Crippen LogP contribution < -0.4 is 11.1 Å². The molecular weight excluding hydrogens is 238 g/mol. The van der Waals surface area contributed by atoms with Crippen LogP contribution in [0.3, 0.4) is 0 Å². The molecule has 1 amide bonds. The molecule has 0 spiro atoms. The van der Waals surface area contributed by atoms with Gasteiger partial charge in [0.2, 0.25) is 5.91 Å². The molecule has 1 heterocycles. The molecule has 1 saturated heterocycles. The van der Waals surface area contributed by atoms with Crippen molar-refractivity contribution in [1.82, 2.24) is 10.2 Å². The smallest absolute Gasteiger partial charge is 0.234 e. The number of nitrogens with zero attached hydrogens (tertiary/aromatic N) is 1. The number of carbonyl (C=O) groups excluding carboxylic acids is 1. The van der Waals surface area contributed by atoms with E-state index in [-0.39, 0.29) is 5.91 Å². The fourth-order valence-corrected chi connectivity index (χ4v) is 3.31. The number of nitrogens with one attached hydrogen (secondary N) is 1. The minimum Gasteiger partial charge on any atom is -0.355 e. The number of rotatable bonds is 4. The first kappa shape index (κ1) is 14.8. The Bertz CT molecular complexity index is 287. The van der Waals surface area contributed by atoms with Crippen LogP contribution in [-0.4, -0.2) is 43.0 Å². The van der Waals surface area contributed by atoms with E-state index < -0.39 is 0 Å². The molecule has 0 aromatic heterocycles. The predicted octanol–water partition coefficient (Wildman–Crippen LogP) is 1.35. The summed E-state index contributed by atoms with van der Waals surface area (Å²) in [5.41, 5.74) is 5.87. The number of hydrogen-bond acceptors (Lipinski definition) is 3. The van der Waals surface area contributed by atoms with Crippen LogP contribution in [-0.2, 0) is 4.79 Å². The second-order valence-electron chi connectivity index (χ2n) is 6.44. The van der Waals surface area contributed by atoms with Crippen molar-refractivity contribution in [3.8, 4) is 0 Å². The number of nitrogens with two attached hydrogens (primary N) is 1. The van der Waals surface area contributed by atoms with Crippen LogP contribution >= 0.6 is 0 Å². The fourth-order valence-electron chi connectivity index (χ4n) is 3.31. The maximum absolute atomic E-state index is 12.0. The van der Waals surface area contributed by atoms with E-state index in [1.165, 1.54) is 25.7 Å². The summed E-state index contributed by atoms with van der Waals surface area (Å²) in [5.74, 6) is 1.64. The van der Waals surface area contributed by atoms with Gasteiger partial charge in [-0.1, -0.05) is 26.2 Å². The second kappa shape index (κ2) is 7.25. The topological polar surface area (TPSA) is 58.4 Å². The van der Waals surface area contributed by atoms with Gasteiger partial charge in [-0.15, -0.1) is 0 Å². The molecule has 1 saturated carbocycles. The van der Waals surface area contributed by atoms with Crippen molar-refractivity contribution in [2.24, 2.45) is 17.6 Å². The predicted molar refractivity (Wildman–Crippen MR) is 77.8 cm³/mol. The van der Waals surface area contributed by atoms with Gasteiger partial charge in [-0.25, -0.2) is 0 Å². The molecule has 110 valence electrons. The Kier molecular flexibility index (Phi) is 5.64. The molecule has 2 aliphatic rings. The van der Waals surface area contributed by atoms with Crippen molar-refractivity contribution in [3.63, 3.8) is 0 Å². The number of likely N-dealkylation sites (tertiary alicyclic amines) is 1. The van der Waals surface area contributed by atoms with Crippen LogP contribution in [0, 0.1) is 11.8 Å². The molecule has 0 aromatic carbocycles. The molecule has 1 aliphatic heterocycles. The third-order valence-corrected chi connectivity index (χ3v) is 4.85. The molecule has 0 radical (unpaired) electrons. The minimum atomic E-state index is 0.188. The lowest BCUT2D eigenvalue weighted by Crippen LogP contribution is -2.45. The first-order valence-corrected chi connectivity index (χ1v) is 7.90. The van der Waals surface area contributed by atoms with Gasteiger partial charge in [-0.2, -0.15) is 0 Å². The number of carbonyl (C=O) groups is 1. The van der Waals surface area contributed by atoms with Gasteiger partial charge in [0.15, 0.2) is 0 Å². The van der Waals surface area contributed by atoms with Crippen LogP contribution in [0.2, 0.25) is 0 Å². The first-order valence-electron chi connectivity index (χ1n) is 7.90. The van der Waals surface area contributed by atoms with Gasteiger partial charge in [0.05, 0.1) is 6.54 Å². The number of hydrogen-bond donors (Lipinski definition) is 2. The van der Waals surface area contributed by atoms with Crippen molar-refractivity contribution in [1.29, 1.82) is 0 Å². The summed E-state index contributed by atoms with van der Waals surface area (Å²) >= 11 is 0. The van der Waals surface area contributed by atoms with Crippen LogP contribution in [0.1, 0.15) is 45.4 Å². The van der Waals surface area contributed by atoms with Crippen molar-refractivity contribution in [2.75, 3.05) is 26.2 Å². The highest BCUT2D eigenvalue weighted by molar-refractivity contribution is 5.78. The SMILES string of the molecule is CC1CCCCC1CNC(=O)CN1CCC(N)CC1. The van der Waals surface area contributed by atoms with E-state index in [2.05, 4.69) is 17.1 Å². The van der Waals surface area contributed by atoms with Gasteiger partial charge in [0, 0.05) is 25.7 Å². The summed E-state index contributed by atoms with van der Waals surface area (Å²) in [6.07, 6.45) is 7.33. The third kappa shape index (κ3) is 4.77. The lowest BCUT2D eigenvalue weighted by molar-refractivity contribution is -0.122. The van der Waals surface area contributed by atoms with Crippen LogP contribution in [0.4, 0.5) is 0 Å². The van der Waals surface area contributed by atoms with E-state index in [1.54, 1.807) is 0 Å². The zero-order valence-electron chi connectivity index (χ0n) is 12.2. The molecular formula is C15H29N3O. The summed E-state index contributed by atoms with van der Waals surface area (Å²) in [6, 6.07) is 0.336. The standard InChI is InChI=1S/C15H29N3O/c1-12-4-2-3-5-13(12)10-17-15(19)11-18-8-6-14(16)7-9-18/h12-14H,2-11,16H2,1H3,(H,17,19). The summed E-state index contributed by atoms with van der Waals surface area (Å²) in [7, 11) is 0. The van der Waals surface area contributed by atoms with Crippen molar-refractivity contribution in [3.05, 3.63) is 0 Å². The minimum absolute atomic E-state index is 0.188. The van der Waals surface area contributed by atoms with Gasteiger partial charge < -0.3 is 11.1 Å². The average Bonchev–Trinajstić information content (AvgIpc) is 2.40. The Balaban J connectivity index is 1.64. The van der Waals surface area contributed by atoms with Gasteiger partial charge >= 0.3 is 0 Å². The van der Waals surface area contributed by atoms with E-state index in [1.807, 2.05) is 0 Å². The Morgan fingerprint density at radius 1 is 1.21 bits per heavy atom. The highest BCUT2D eigenvalue weighted by Gasteiger charge is 2.22. The average molecular weight is 267 g/mol. The highest BCUT2D eigenvalue weighted by Crippen LogP contribution is 2.28. The maximum atomic E-state index is 12.0. The maximum Gasteiger partial charge on any atom is 0.234 e. The van der Waals surface area contributed by atoms with Gasteiger partial charge in [-0.05, 0) is 31.1 Å². The van der Waals surface area contributed by atoms with Crippen molar-refractivity contribution >= 4 is 5.91 Å². The van der Waals surface area contributed by atoms with Gasteiger partial charge in [0.25, 0.3) is 0 Å². The Morgan fingerprint density at radius 3 is 2.58 bits per heavy atom. The van der Waals surface area contributed by atoms with E-state index in [9.17, 15) is 4.79 Å². The monoisotopic (exact) mass is 267 g/mol. The Morgan fingerprint density at radius 2 is 1.89 bits per heavy atom. The summed E-state index contributed by atoms with van der Waals surface area (Å²) in [5, 5.41) is 3.13. The Hall–Kier alpha value is -0.610. The number of amides is 1. The van der Waals surface area contributed by atoms with E-state index in [0.717, 1.165) is 38.4 Å². The van der Waals surface area contributed by atoms with Gasteiger partial charge in [0.1, 0.15) is 0 Å². The molecule has 0 bridgehead atoms. The lowest BCUT2D eigenvalue weighted by Gasteiger charge is -2.31. The highest BCUT2D eigenvalue weighted by atomic mass is 16.2. The van der Waals surface area contributed by atoms with E-state index in [4.69, 9.17) is 5.73 Å². The number of piperidine rings is 1. The van der Waals surface area contributed by atoms with Crippen LogP contribution in [0.5, 0.6) is 0 Å². The molecule has 2 atom stereocenters. The lowest BCUT2D eigenvalue weighted by atomic mass is 9.80. The largest absolute Gasteiger partial charge is 0.355 e. The zero-order chi connectivity index (χ0) is 13.7. The van der Waals surface area contributed by atoms with Crippen molar-refractivity contribution in [2.45, 2.75) is 51.5 Å². The molecule has 4 nitrogen and oxygen atoms in total. The van der Waals surface area contributed by atoms with E-state index >= 15 is 0 Å². The molecule has 0 aromatic rings. The molecule has 2 unspecified atom stereocenters. The van der Waals surface area contributed by atoms with Crippen LogP contribution in [0.25, 0.3) is 0 Å². The summed E-state index contributed by atoms with van der Waals surface area (Å²) in [6.45, 7) is 5.67. The van der Waals surface area contributed by atoms with Crippen LogP contribution in [0.15, 0.2) is 0 Å². The molecule has 1 aliphatic carbocycles. The third-order valence-electron chi connectivity index (χ3n) is 4.85. The first-order chi connectivity index (χ1) is 9.15. The quantitative estimate of drug-likeness (QED) is 0.808. The molecule has 2 fully saturated rings. The summed E-state index contributed by atoms with van der Waals surface area (Å²) < 4.78 is 0. The normalized spacial score (nSPS) is 30.2. The summed E-state index contributed by atoms with van der Waals surface area (Å²) in [4.78, 5) is 14.2. The Labute approximate surface area is 117 Å². The molecule has 19 heavy (non-hydrogen) atoms. The van der Waals surface area contributed by atoms with E-state index in [0.29, 0.717) is 18.5 Å². The van der Waals surface area contributed by atoms with Gasteiger partial charge in [-0.3, -0.25) is 9.69 Å². The van der Waals surface area contributed by atoms with Crippen molar-refractivity contribution < 1.29 is 4.79 Å². The molecule has 3 N–H and O–H groups in total. The molecule has 4 heteroatoms.